The second-order valence-electron chi connectivity index (χ2n) is 7.85. The molecule has 0 N–H and O–H groups in total. The van der Waals surface area contributed by atoms with Crippen LogP contribution < -0.4 is 4.90 Å². The van der Waals surface area contributed by atoms with Gasteiger partial charge < -0.3 is 4.74 Å². The van der Waals surface area contributed by atoms with Gasteiger partial charge in [0.1, 0.15) is 0 Å². The van der Waals surface area contributed by atoms with Crippen molar-refractivity contribution < 1.29 is 9.53 Å². The maximum atomic E-state index is 13.4. The third-order valence-electron chi connectivity index (χ3n) is 5.67. The van der Waals surface area contributed by atoms with Crippen molar-refractivity contribution in [3.05, 3.63) is 23.3 Å². The fraction of sp³-hybridized carbons (Fsp3) is 0.619. The quantitative estimate of drug-likeness (QED) is 0.758. The van der Waals surface area contributed by atoms with Crippen LogP contribution in [0.2, 0.25) is 0 Å². The number of hydrogen-bond acceptors (Lipinski definition) is 4. The van der Waals surface area contributed by atoms with Gasteiger partial charge in [0.25, 0.3) is 0 Å². The van der Waals surface area contributed by atoms with E-state index in [2.05, 4.69) is 26.0 Å². The Morgan fingerprint density at radius 1 is 1.19 bits per heavy atom. The number of hydrogen-bond donors (Lipinski definition) is 0. The standard InChI is InChI=1S/C21H28N2O2S/c1-14-11-15(2)19-18(12-14)22-21(26-19)23(13-17-9-6-10-25-17)20(24)16-7-4-3-5-8-16/h11-12,16-17H,3-10,13H2,1-2H3. The molecule has 1 saturated carbocycles. The van der Waals surface area contributed by atoms with Crippen LogP contribution >= 0.6 is 11.3 Å². The first kappa shape index (κ1) is 17.9. The lowest BCUT2D eigenvalue weighted by Crippen LogP contribution is -2.41. The summed E-state index contributed by atoms with van der Waals surface area (Å²) in [7, 11) is 0. The number of nitrogens with zero attached hydrogens (tertiary/aromatic N) is 2. The summed E-state index contributed by atoms with van der Waals surface area (Å²) in [6.45, 7) is 5.69. The van der Waals surface area contributed by atoms with Crippen LogP contribution in [-0.4, -0.2) is 30.1 Å². The second-order valence-corrected chi connectivity index (χ2v) is 8.82. The van der Waals surface area contributed by atoms with Crippen LogP contribution in [0.3, 0.4) is 0 Å². The molecular formula is C21H28N2O2S. The predicted octanol–water partition coefficient (Wildman–Crippen LogP) is 5.01. The number of carbonyl (C=O) groups excluding carboxylic acids is 1. The Morgan fingerprint density at radius 2 is 2.00 bits per heavy atom. The van der Waals surface area contributed by atoms with Crippen LogP contribution in [0.15, 0.2) is 12.1 Å². The molecule has 140 valence electrons. The van der Waals surface area contributed by atoms with Gasteiger partial charge in [0.15, 0.2) is 5.13 Å². The number of carbonyl (C=O) groups is 1. The van der Waals surface area contributed by atoms with Crippen molar-refractivity contribution in [2.45, 2.75) is 64.9 Å². The third kappa shape index (κ3) is 3.65. The Labute approximate surface area is 159 Å². The molecule has 0 bridgehead atoms. The van der Waals surface area contributed by atoms with Gasteiger partial charge >= 0.3 is 0 Å². The molecule has 2 aromatic rings. The topological polar surface area (TPSA) is 42.4 Å². The van der Waals surface area contributed by atoms with Gasteiger partial charge in [-0.3, -0.25) is 9.69 Å². The highest BCUT2D eigenvalue weighted by atomic mass is 32.1. The van der Waals surface area contributed by atoms with Crippen molar-refractivity contribution in [2.75, 3.05) is 18.1 Å². The molecule has 26 heavy (non-hydrogen) atoms. The number of ether oxygens (including phenoxy) is 1. The van der Waals surface area contributed by atoms with Crippen LogP contribution in [0, 0.1) is 19.8 Å². The molecule has 4 rings (SSSR count). The Morgan fingerprint density at radius 3 is 2.73 bits per heavy atom. The van der Waals surface area contributed by atoms with Crippen molar-refractivity contribution in [2.24, 2.45) is 5.92 Å². The normalized spacial score (nSPS) is 21.4. The summed E-state index contributed by atoms with van der Waals surface area (Å²) in [5, 5.41) is 0.847. The Balaban J connectivity index is 1.67. The van der Waals surface area contributed by atoms with Crippen molar-refractivity contribution in [3.63, 3.8) is 0 Å². The van der Waals surface area contributed by atoms with Crippen molar-refractivity contribution >= 4 is 32.6 Å². The largest absolute Gasteiger partial charge is 0.376 e. The lowest BCUT2D eigenvalue weighted by molar-refractivity contribution is -0.123. The molecular weight excluding hydrogens is 344 g/mol. The minimum atomic E-state index is 0.150. The zero-order valence-electron chi connectivity index (χ0n) is 15.8. The third-order valence-corrected chi connectivity index (χ3v) is 6.90. The van der Waals surface area contributed by atoms with Gasteiger partial charge in [0.05, 0.1) is 22.9 Å². The second kappa shape index (κ2) is 7.65. The molecule has 2 aliphatic rings. The predicted molar refractivity (Wildman–Crippen MR) is 107 cm³/mol. The molecule has 1 unspecified atom stereocenters. The number of fused-ring (bicyclic) bond motifs is 1. The Kier molecular flexibility index (Phi) is 5.28. The number of amides is 1. The zero-order chi connectivity index (χ0) is 18.1. The van der Waals surface area contributed by atoms with Gasteiger partial charge in [-0.1, -0.05) is 36.7 Å². The molecule has 1 aliphatic carbocycles. The smallest absolute Gasteiger partial charge is 0.231 e. The summed E-state index contributed by atoms with van der Waals surface area (Å²) in [4.78, 5) is 20.2. The van der Waals surface area contributed by atoms with E-state index in [1.807, 2.05) is 4.90 Å². The van der Waals surface area contributed by atoms with Crippen LogP contribution in [0.25, 0.3) is 10.2 Å². The van der Waals surface area contributed by atoms with Gasteiger partial charge in [0, 0.05) is 12.5 Å². The summed E-state index contributed by atoms with van der Waals surface area (Å²) in [6, 6.07) is 4.31. The first-order valence-electron chi connectivity index (χ1n) is 9.92. The molecule has 1 amide bonds. The molecule has 1 aromatic heterocycles. The van der Waals surface area contributed by atoms with Gasteiger partial charge in [-0.15, -0.1) is 0 Å². The summed E-state index contributed by atoms with van der Waals surface area (Å²) in [6.07, 6.45) is 7.91. The van der Waals surface area contributed by atoms with Gasteiger partial charge in [-0.2, -0.15) is 0 Å². The average molecular weight is 373 g/mol. The molecule has 2 heterocycles. The summed E-state index contributed by atoms with van der Waals surface area (Å²) < 4.78 is 7.04. The summed E-state index contributed by atoms with van der Waals surface area (Å²) in [5.41, 5.74) is 3.47. The van der Waals surface area contributed by atoms with E-state index < -0.39 is 0 Å². The SMILES string of the molecule is Cc1cc(C)c2sc(N(CC3CCCO3)C(=O)C3CCCCC3)nc2c1. The number of aryl methyl sites for hydroxylation is 2. The van der Waals surface area contributed by atoms with Crippen LogP contribution in [0.1, 0.15) is 56.1 Å². The highest BCUT2D eigenvalue weighted by Crippen LogP contribution is 2.35. The Hall–Kier alpha value is -1.46. The number of benzene rings is 1. The van der Waals surface area contributed by atoms with Crippen molar-refractivity contribution in [3.8, 4) is 0 Å². The lowest BCUT2D eigenvalue weighted by Gasteiger charge is -2.29. The number of anilines is 1. The van der Waals surface area contributed by atoms with E-state index >= 15 is 0 Å². The zero-order valence-corrected chi connectivity index (χ0v) is 16.6. The molecule has 0 spiro atoms. The van der Waals surface area contributed by atoms with E-state index in [4.69, 9.17) is 9.72 Å². The molecule has 1 aliphatic heterocycles. The van der Waals surface area contributed by atoms with E-state index in [1.165, 1.54) is 35.1 Å². The van der Waals surface area contributed by atoms with Crippen LogP contribution in [0.4, 0.5) is 5.13 Å². The van der Waals surface area contributed by atoms with E-state index in [1.54, 1.807) is 11.3 Å². The van der Waals surface area contributed by atoms with E-state index in [0.29, 0.717) is 6.54 Å². The van der Waals surface area contributed by atoms with Crippen LogP contribution in [0.5, 0.6) is 0 Å². The summed E-state index contributed by atoms with van der Waals surface area (Å²) in [5.74, 6) is 0.411. The maximum Gasteiger partial charge on any atom is 0.231 e. The monoisotopic (exact) mass is 372 g/mol. The average Bonchev–Trinajstić information content (AvgIpc) is 3.29. The highest BCUT2D eigenvalue weighted by Gasteiger charge is 2.31. The molecule has 5 heteroatoms. The van der Waals surface area contributed by atoms with E-state index in [-0.39, 0.29) is 17.9 Å². The first-order chi connectivity index (χ1) is 12.6. The highest BCUT2D eigenvalue weighted by molar-refractivity contribution is 7.22. The fourth-order valence-electron chi connectivity index (χ4n) is 4.30. The molecule has 1 aromatic carbocycles. The maximum absolute atomic E-state index is 13.4. The van der Waals surface area contributed by atoms with Gasteiger partial charge in [-0.25, -0.2) is 4.98 Å². The van der Waals surface area contributed by atoms with Crippen molar-refractivity contribution in [1.29, 1.82) is 0 Å². The molecule has 0 radical (unpaired) electrons. The molecule has 1 saturated heterocycles. The van der Waals surface area contributed by atoms with Crippen LogP contribution in [-0.2, 0) is 9.53 Å². The van der Waals surface area contributed by atoms with E-state index in [0.717, 1.165) is 42.9 Å². The van der Waals surface area contributed by atoms with E-state index in [9.17, 15) is 4.79 Å². The number of rotatable bonds is 4. The molecule has 4 nitrogen and oxygen atoms in total. The number of aromatic nitrogens is 1. The summed E-state index contributed by atoms with van der Waals surface area (Å²) >= 11 is 1.65. The minimum Gasteiger partial charge on any atom is -0.376 e. The minimum absolute atomic E-state index is 0.150. The van der Waals surface area contributed by atoms with Crippen molar-refractivity contribution in [1.82, 2.24) is 4.98 Å². The Bertz CT molecular complexity index is 789. The first-order valence-corrected chi connectivity index (χ1v) is 10.7. The molecule has 2 fully saturated rings. The fourth-order valence-corrected chi connectivity index (χ4v) is 5.33. The number of thiazole rings is 1. The van der Waals surface area contributed by atoms with Gasteiger partial charge in [-0.05, 0) is 56.7 Å². The lowest BCUT2D eigenvalue weighted by atomic mass is 9.88. The van der Waals surface area contributed by atoms with Gasteiger partial charge in [0.2, 0.25) is 5.91 Å². The molecule has 1 atom stereocenters.